The van der Waals surface area contributed by atoms with Crippen LogP contribution < -0.4 is 19.7 Å². The maximum Gasteiger partial charge on any atom is 0.416 e. The number of aromatic carboxylic acids is 1. The van der Waals surface area contributed by atoms with E-state index in [2.05, 4.69) is 19.9 Å². The average Bonchev–Trinajstić information content (AvgIpc) is 3.14. The van der Waals surface area contributed by atoms with Crippen LogP contribution in [0, 0.1) is 5.82 Å². The normalized spacial score (nSPS) is 13.2. The summed E-state index contributed by atoms with van der Waals surface area (Å²) < 4.78 is 71.1. The third kappa shape index (κ3) is 10.2. The van der Waals surface area contributed by atoms with Gasteiger partial charge in [-0.15, -0.1) is 0 Å². The molecule has 5 rings (SSSR count). The van der Waals surface area contributed by atoms with Crippen molar-refractivity contribution in [3.05, 3.63) is 114 Å². The summed E-state index contributed by atoms with van der Waals surface area (Å²) in [5, 5.41) is 20.3. The van der Waals surface area contributed by atoms with Crippen LogP contribution in [-0.2, 0) is 15.7 Å². The lowest BCUT2D eigenvalue weighted by Gasteiger charge is -2.38. The number of rotatable bonds is 8. The number of hydrogen-bond donors (Lipinski definition) is 3. The number of carboxylic acid groups (broad SMARTS) is 1. The summed E-state index contributed by atoms with van der Waals surface area (Å²) in [6, 6.07) is 20.7. The maximum atomic E-state index is 15.1. The molecule has 1 saturated heterocycles. The van der Waals surface area contributed by atoms with E-state index in [4.69, 9.17) is 19.7 Å². The zero-order chi connectivity index (χ0) is 37.8. The second-order valence-electron chi connectivity index (χ2n) is 11.0. The van der Waals surface area contributed by atoms with E-state index in [0.717, 1.165) is 23.9 Å². The van der Waals surface area contributed by atoms with E-state index in [1.165, 1.54) is 50.6 Å². The molecule has 0 aliphatic carbocycles. The number of anilines is 2. The second-order valence-corrected chi connectivity index (χ2v) is 11.0. The molecule has 52 heavy (non-hydrogen) atoms. The van der Waals surface area contributed by atoms with Crippen molar-refractivity contribution in [3.8, 4) is 17.2 Å². The number of hydrogen-bond acceptors (Lipinski definition) is 8. The zero-order valence-electron chi connectivity index (χ0n) is 28.4. The van der Waals surface area contributed by atoms with Crippen LogP contribution in [0.1, 0.15) is 21.5 Å². The van der Waals surface area contributed by atoms with Crippen molar-refractivity contribution in [2.24, 2.45) is 4.99 Å². The third-order valence-corrected chi connectivity index (χ3v) is 7.74. The van der Waals surface area contributed by atoms with E-state index in [1.807, 2.05) is 29.2 Å². The number of nitrogens with one attached hydrogen (secondary N) is 1. The Bertz CT molecular complexity index is 1930. The van der Waals surface area contributed by atoms with Gasteiger partial charge >= 0.3 is 18.1 Å². The number of methoxy groups -OCH3 is 3. The Kier molecular flexibility index (Phi) is 13.1. The number of esters is 1. The topological polar surface area (TPSA) is 133 Å². The number of aliphatic imine (C=N–C) groups is 1. The average molecular weight is 725 g/mol. The first kappa shape index (κ1) is 38.6. The van der Waals surface area contributed by atoms with Crippen LogP contribution >= 0.6 is 0 Å². The number of benzene rings is 4. The molecule has 4 aromatic rings. The predicted octanol–water partition coefficient (Wildman–Crippen LogP) is 7.06. The first-order chi connectivity index (χ1) is 24.8. The first-order valence-corrected chi connectivity index (χ1v) is 15.6. The van der Waals surface area contributed by atoms with Gasteiger partial charge in [0.2, 0.25) is 5.96 Å². The van der Waals surface area contributed by atoms with E-state index >= 15 is 4.39 Å². The van der Waals surface area contributed by atoms with Gasteiger partial charge in [-0.2, -0.15) is 13.2 Å². The van der Waals surface area contributed by atoms with Crippen LogP contribution in [0.5, 0.6) is 17.2 Å². The summed E-state index contributed by atoms with van der Waals surface area (Å²) in [7, 11) is 4.14. The smallest absolute Gasteiger partial charge is 0.416 e. The third-order valence-electron chi connectivity index (χ3n) is 7.74. The van der Waals surface area contributed by atoms with Crippen molar-refractivity contribution in [1.29, 1.82) is 0 Å². The summed E-state index contributed by atoms with van der Waals surface area (Å²) in [5.41, 5.74) is 0.156. The van der Waals surface area contributed by atoms with Gasteiger partial charge in [-0.1, -0.05) is 30.3 Å². The summed E-state index contributed by atoms with van der Waals surface area (Å²) in [4.78, 5) is 30.4. The number of carbonyl (C=O) groups is 2. The molecule has 1 heterocycles. The Morgan fingerprint density at radius 3 is 2.21 bits per heavy atom. The minimum atomic E-state index is -4.60. The number of alkyl halides is 3. The highest BCUT2D eigenvalue weighted by molar-refractivity contribution is 5.98. The quantitative estimate of drug-likeness (QED) is 0.0571. The molecule has 274 valence electrons. The van der Waals surface area contributed by atoms with Crippen LogP contribution in [0.2, 0.25) is 0 Å². The molecule has 1 aliphatic rings. The fourth-order valence-corrected chi connectivity index (χ4v) is 5.03. The van der Waals surface area contributed by atoms with E-state index in [0.29, 0.717) is 31.9 Å². The van der Waals surface area contributed by atoms with E-state index in [1.54, 1.807) is 25.3 Å². The second kappa shape index (κ2) is 17.6. The van der Waals surface area contributed by atoms with Gasteiger partial charge in [0.25, 0.3) is 0 Å². The number of piperazine rings is 1. The molecule has 1 aliphatic heterocycles. The fraction of sp³-hybridized carbons (Fsp3) is 0.216. The van der Waals surface area contributed by atoms with Crippen molar-refractivity contribution >= 4 is 41.0 Å². The molecular formula is C37H36F4N4O7. The maximum absolute atomic E-state index is 15.1. The summed E-state index contributed by atoms with van der Waals surface area (Å²) in [6.45, 7) is 1.90. The van der Waals surface area contributed by atoms with Crippen LogP contribution in [-0.4, -0.2) is 80.5 Å². The van der Waals surface area contributed by atoms with Crippen LogP contribution in [0.3, 0.4) is 0 Å². The number of carbonyl (C=O) groups excluding carboxylic acids is 1. The molecule has 0 bridgehead atoms. The number of halogens is 4. The monoisotopic (exact) mass is 724 g/mol. The lowest BCUT2D eigenvalue weighted by molar-refractivity contribution is -0.137. The summed E-state index contributed by atoms with van der Waals surface area (Å²) >= 11 is 0. The Balaban J connectivity index is 0.000000521. The highest BCUT2D eigenvalue weighted by Crippen LogP contribution is 2.36. The van der Waals surface area contributed by atoms with Crippen LogP contribution in [0.25, 0.3) is 6.08 Å². The van der Waals surface area contributed by atoms with Gasteiger partial charge in [0.1, 0.15) is 34.3 Å². The molecular weight excluding hydrogens is 688 g/mol. The summed E-state index contributed by atoms with van der Waals surface area (Å²) in [5.74, 6) is -1.68. The van der Waals surface area contributed by atoms with E-state index in [9.17, 15) is 22.8 Å². The zero-order valence-corrected chi connectivity index (χ0v) is 28.4. The van der Waals surface area contributed by atoms with Crippen LogP contribution in [0.4, 0.5) is 34.6 Å². The van der Waals surface area contributed by atoms with Crippen molar-refractivity contribution in [1.82, 2.24) is 4.90 Å². The number of ether oxygens (including phenoxy) is 3. The van der Waals surface area contributed by atoms with Gasteiger partial charge in [0, 0.05) is 49.6 Å². The minimum Gasteiger partial charge on any atom is -0.507 e. The molecule has 4 aromatic carbocycles. The molecule has 0 spiro atoms. The molecule has 0 radical (unpaired) electrons. The Labute approximate surface area is 297 Å². The molecule has 0 unspecified atom stereocenters. The molecule has 0 amide bonds. The van der Waals surface area contributed by atoms with Gasteiger partial charge in [-0.3, -0.25) is 0 Å². The van der Waals surface area contributed by atoms with E-state index < -0.39 is 29.5 Å². The lowest BCUT2D eigenvalue weighted by atomic mass is 10.1. The largest absolute Gasteiger partial charge is 0.507 e. The van der Waals surface area contributed by atoms with Gasteiger partial charge in [0.15, 0.2) is 0 Å². The van der Waals surface area contributed by atoms with Crippen LogP contribution in [0.15, 0.2) is 96.0 Å². The van der Waals surface area contributed by atoms with Gasteiger partial charge in [-0.05, 0) is 54.6 Å². The highest BCUT2D eigenvalue weighted by Gasteiger charge is 2.32. The Morgan fingerprint density at radius 2 is 1.60 bits per heavy atom. The number of phenols is 1. The van der Waals surface area contributed by atoms with Crippen molar-refractivity contribution in [3.63, 3.8) is 0 Å². The van der Waals surface area contributed by atoms with Crippen molar-refractivity contribution < 1.29 is 51.6 Å². The molecule has 0 aromatic heterocycles. The van der Waals surface area contributed by atoms with Gasteiger partial charge in [-0.25, -0.2) is 19.0 Å². The summed E-state index contributed by atoms with van der Waals surface area (Å²) in [6.07, 6.45) is -2.11. The predicted molar refractivity (Wildman–Crippen MR) is 188 cm³/mol. The number of guanidine groups is 1. The molecule has 11 nitrogen and oxygen atoms in total. The molecule has 0 atom stereocenters. The molecule has 3 N–H and O–H groups in total. The number of nitrogens with zero attached hydrogens (tertiary/aromatic N) is 3. The standard InChI is InChI=1S/C30H30F4N4O4.C7H6O3/c1-40-23-8-5-7-22(19-23)37-14-16-38(17-15-37)29(35-25-18-21(30(32,33)34)11-12-26(25)41-2)36-28-20(6-4-9-24(28)31)10-13-27(39)42-3;8-6-4-2-1-3-5(6)7(9)10/h4-13,18-19H,14-17H2,1-3H3,(H,35,36);1-4,8H,(H,9,10)/b13-10-;. The first-order valence-electron chi connectivity index (χ1n) is 15.6. The van der Waals surface area contributed by atoms with Crippen molar-refractivity contribution in [2.45, 2.75) is 6.18 Å². The number of aromatic hydroxyl groups is 1. The Morgan fingerprint density at radius 1 is 0.885 bits per heavy atom. The Hall–Kier alpha value is -6.25. The number of carboxylic acids is 1. The van der Waals surface area contributed by atoms with Gasteiger partial charge in [0.05, 0.1) is 32.6 Å². The SMILES string of the molecule is COC(=O)/C=C\c1cccc(F)c1N=C(Nc1cc(C(F)(F)F)ccc1OC)N1CCN(c2cccc(OC)c2)CC1.O=C(O)c1ccccc1O. The number of para-hydroxylation sites is 2. The van der Waals surface area contributed by atoms with Crippen molar-refractivity contribution in [2.75, 3.05) is 57.7 Å². The molecule has 0 saturated carbocycles. The molecule has 1 fully saturated rings. The molecule has 15 heteroatoms. The highest BCUT2D eigenvalue weighted by atomic mass is 19.4. The van der Waals surface area contributed by atoms with E-state index in [-0.39, 0.29) is 40.0 Å². The minimum absolute atomic E-state index is 0.00397. The lowest BCUT2D eigenvalue weighted by Crippen LogP contribution is -2.50. The fourth-order valence-electron chi connectivity index (χ4n) is 5.03. The van der Waals surface area contributed by atoms with Gasteiger partial charge < -0.3 is 39.5 Å².